The molecule has 0 saturated heterocycles. The van der Waals surface area contributed by atoms with E-state index in [1.807, 2.05) is 182 Å². The lowest BCUT2D eigenvalue weighted by Gasteiger charge is -2.26. The first-order valence-corrected chi connectivity index (χ1v) is 30.9. The van der Waals surface area contributed by atoms with E-state index in [1.54, 1.807) is 26.8 Å². The molecule has 3 N–H and O–H groups in total. The molecule has 7 aromatic rings. The molecule has 0 unspecified atom stereocenters. The summed E-state index contributed by atoms with van der Waals surface area (Å²) in [6, 6.07) is 55.3. The Morgan fingerprint density at radius 3 is 1.28 bits per heavy atom. The van der Waals surface area contributed by atoms with E-state index in [9.17, 15) is 24.0 Å². The summed E-state index contributed by atoms with van der Waals surface area (Å²) in [4.78, 5) is 70.2. The molecule has 14 nitrogen and oxygen atoms in total. The third-order valence-corrected chi connectivity index (χ3v) is 14.5. The first kappa shape index (κ1) is 60.0. The number of hydrogen-bond donors (Lipinski definition) is 3. The molecule has 422 valence electrons. The number of ether oxygens (including phenoxy) is 6. The Morgan fingerprint density at radius 2 is 0.827 bits per heavy atom. The highest BCUT2D eigenvalue weighted by Gasteiger charge is 2.32. The van der Waals surface area contributed by atoms with Crippen molar-refractivity contribution >= 4 is 38.1 Å². The highest BCUT2D eigenvalue weighted by Crippen LogP contribution is 2.33. The second-order valence-electron chi connectivity index (χ2n) is 21.9. The second-order valence-corrected chi connectivity index (χ2v) is 27.5. The third-order valence-electron chi connectivity index (χ3n) is 12.8. The molecule has 0 radical (unpaired) electrons. The van der Waals surface area contributed by atoms with Gasteiger partial charge in [0.15, 0.2) is 0 Å². The summed E-state index contributed by atoms with van der Waals surface area (Å²) in [6.07, 6.45) is -1.69. The zero-order chi connectivity index (χ0) is 57.6. The van der Waals surface area contributed by atoms with Gasteiger partial charge in [0.1, 0.15) is 61.7 Å². The fourth-order valence-corrected chi connectivity index (χ4v) is 9.21. The van der Waals surface area contributed by atoms with Crippen LogP contribution in [0.5, 0.6) is 11.5 Å². The average Bonchev–Trinajstić information content (AvgIpc) is 3.59. The molecular formula is C66H73N3O11Si. The summed E-state index contributed by atoms with van der Waals surface area (Å²) in [7, 11) is -1.61. The maximum absolute atomic E-state index is 14.9. The fourth-order valence-electron chi connectivity index (χ4n) is 8.49. The van der Waals surface area contributed by atoms with E-state index in [0.717, 1.165) is 33.9 Å². The third kappa shape index (κ3) is 20.5. The van der Waals surface area contributed by atoms with Crippen LogP contribution in [0.15, 0.2) is 188 Å². The number of nitrogens with one attached hydrogen (secondary N) is 3. The van der Waals surface area contributed by atoms with Gasteiger partial charge in [-0.05, 0) is 101 Å². The van der Waals surface area contributed by atoms with Crippen LogP contribution in [-0.2, 0) is 79.0 Å². The summed E-state index contributed by atoms with van der Waals surface area (Å²) in [5, 5.41) is 8.50. The minimum Gasteiger partial charge on any atom is -0.489 e. The van der Waals surface area contributed by atoms with E-state index in [-0.39, 0.29) is 52.3 Å². The monoisotopic (exact) mass is 1110 g/mol. The Balaban J connectivity index is 1.25. The minimum absolute atomic E-state index is 0.0102. The van der Waals surface area contributed by atoms with Crippen LogP contribution in [-0.4, -0.2) is 68.4 Å². The van der Waals surface area contributed by atoms with Crippen LogP contribution in [0, 0.1) is 0 Å². The molecule has 3 atom stereocenters. The first-order chi connectivity index (χ1) is 38.9. The van der Waals surface area contributed by atoms with Crippen LogP contribution in [0.3, 0.4) is 0 Å². The van der Waals surface area contributed by atoms with Crippen molar-refractivity contribution in [3.8, 4) is 22.6 Å². The van der Waals surface area contributed by atoms with Crippen molar-refractivity contribution in [3.05, 3.63) is 227 Å². The van der Waals surface area contributed by atoms with Gasteiger partial charge >= 0.3 is 24.1 Å². The number of carbonyl (C=O) groups excluding carboxylic acids is 5. The molecule has 81 heavy (non-hydrogen) atoms. The Kier molecular flexibility index (Phi) is 21.8. The highest BCUT2D eigenvalue weighted by atomic mass is 28.3. The Labute approximate surface area is 476 Å². The Bertz CT molecular complexity index is 3140. The van der Waals surface area contributed by atoms with Crippen molar-refractivity contribution in [2.24, 2.45) is 0 Å². The standard InChI is InChI=1S/C66H73N3O11Si/c1-66(2,3)80-65(74)68-56(61(70)67-57(38-47-22-12-7-13-23-47)63(72)78-45-50-28-18-10-19-29-50)41-54-39-52(32-34-59(54)76-43-48-24-14-8-15-25-48)53-33-35-60(77-44-49-26-16-9-17-27-49)55(40-53)42-58(62(71)75-36-37-81(4,5)6)69-64(73)79-46-51-30-20-11-21-31-51/h7-35,39-40,56-58H,36-38,41-46H2,1-6H3,(H,67,70)(H,68,74)(H,69,73)/t56-,57-,58-/m0/s1. The molecule has 7 rings (SSSR count). The first-order valence-electron chi connectivity index (χ1n) is 27.2. The minimum atomic E-state index is -1.61. The van der Waals surface area contributed by atoms with Crippen molar-refractivity contribution in [2.75, 3.05) is 6.61 Å². The van der Waals surface area contributed by atoms with E-state index in [0.29, 0.717) is 33.8 Å². The quantitative estimate of drug-likeness (QED) is 0.0267. The lowest BCUT2D eigenvalue weighted by molar-refractivity contribution is -0.149. The number of amides is 3. The van der Waals surface area contributed by atoms with Crippen LogP contribution in [0.1, 0.15) is 59.7 Å². The normalized spacial score (nSPS) is 12.4. The fraction of sp³-hybridized carbons (Fsp3) is 0.288. The number of alkyl carbamates (subject to hydrolysis) is 2. The number of rotatable bonds is 26. The number of esters is 2. The number of benzene rings is 7. The molecule has 3 amide bonds. The van der Waals surface area contributed by atoms with Gasteiger partial charge in [-0.1, -0.05) is 183 Å². The van der Waals surface area contributed by atoms with Crippen molar-refractivity contribution in [1.29, 1.82) is 0 Å². The number of hydrogen-bond acceptors (Lipinski definition) is 11. The van der Waals surface area contributed by atoms with Crippen LogP contribution in [0.2, 0.25) is 25.7 Å². The van der Waals surface area contributed by atoms with Gasteiger partial charge in [-0.25, -0.2) is 19.2 Å². The Hall–Kier alpha value is -8.69. The molecule has 0 aliphatic heterocycles. The highest BCUT2D eigenvalue weighted by molar-refractivity contribution is 6.76. The van der Waals surface area contributed by atoms with E-state index in [2.05, 4.69) is 35.6 Å². The predicted octanol–water partition coefficient (Wildman–Crippen LogP) is 12.1. The summed E-state index contributed by atoms with van der Waals surface area (Å²) >= 11 is 0. The van der Waals surface area contributed by atoms with Gasteiger partial charge in [0.05, 0.1) is 6.61 Å². The molecule has 0 saturated carbocycles. The zero-order valence-corrected chi connectivity index (χ0v) is 48.0. The van der Waals surface area contributed by atoms with Crippen molar-refractivity contribution in [3.63, 3.8) is 0 Å². The van der Waals surface area contributed by atoms with Crippen LogP contribution < -0.4 is 25.4 Å². The number of carbonyl (C=O) groups is 5. The van der Waals surface area contributed by atoms with Gasteiger partial charge in [0.25, 0.3) is 0 Å². The molecule has 0 spiro atoms. The lowest BCUT2D eigenvalue weighted by atomic mass is 9.95. The van der Waals surface area contributed by atoms with Crippen LogP contribution in [0.25, 0.3) is 11.1 Å². The van der Waals surface area contributed by atoms with Crippen LogP contribution >= 0.6 is 0 Å². The molecule has 0 heterocycles. The lowest BCUT2D eigenvalue weighted by Crippen LogP contribution is -2.54. The van der Waals surface area contributed by atoms with Gasteiger partial charge in [-0.3, -0.25) is 4.79 Å². The summed E-state index contributed by atoms with van der Waals surface area (Å²) in [5.74, 6) is -1.05. The van der Waals surface area contributed by atoms with Crippen molar-refractivity contribution in [2.45, 2.75) is 116 Å². The molecule has 0 aliphatic carbocycles. The largest absolute Gasteiger partial charge is 0.489 e. The summed E-state index contributed by atoms with van der Waals surface area (Å²) in [6.45, 7) is 12.3. The van der Waals surface area contributed by atoms with Crippen molar-refractivity contribution in [1.82, 2.24) is 16.0 Å². The maximum Gasteiger partial charge on any atom is 0.408 e. The molecule has 0 aliphatic rings. The average molecular weight is 1110 g/mol. The zero-order valence-electron chi connectivity index (χ0n) is 47.0. The SMILES string of the molecule is CC(C)(C)OC(=O)N[C@@H](Cc1cc(-c2ccc(OCc3ccccc3)c(C[C@H](NC(=O)OCc3ccccc3)C(=O)OCC[Si](C)(C)C)c2)ccc1OCc1ccccc1)C(=O)N[C@@H](Cc1ccccc1)C(=O)OCc1ccccc1. The van der Waals surface area contributed by atoms with Gasteiger partial charge in [0, 0.05) is 27.3 Å². The maximum atomic E-state index is 14.9. The summed E-state index contributed by atoms with van der Waals surface area (Å²) in [5.41, 5.74) is 5.71. The van der Waals surface area contributed by atoms with E-state index >= 15 is 0 Å². The van der Waals surface area contributed by atoms with E-state index < -0.39 is 61.8 Å². The molecule has 7 aromatic carbocycles. The molecule has 0 fully saturated rings. The van der Waals surface area contributed by atoms with E-state index in [1.165, 1.54) is 0 Å². The molecular weight excluding hydrogens is 1040 g/mol. The predicted molar refractivity (Wildman–Crippen MR) is 315 cm³/mol. The van der Waals surface area contributed by atoms with Gasteiger partial charge < -0.3 is 44.4 Å². The van der Waals surface area contributed by atoms with Gasteiger partial charge in [0.2, 0.25) is 5.91 Å². The second kappa shape index (κ2) is 29.5. The smallest absolute Gasteiger partial charge is 0.408 e. The molecule has 0 bridgehead atoms. The van der Waals surface area contributed by atoms with Crippen LogP contribution in [0.4, 0.5) is 9.59 Å². The summed E-state index contributed by atoms with van der Waals surface area (Å²) < 4.78 is 36.0. The Morgan fingerprint density at radius 1 is 0.432 bits per heavy atom. The van der Waals surface area contributed by atoms with Gasteiger partial charge in [-0.2, -0.15) is 0 Å². The van der Waals surface area contributed by atoms with Gasteiger partial charge in [-0.15, -0.1) is 0 Å². The van der Waals surface area contributed by atoms with E-state index in [4.69, 9.17) is 28.4 Å². The van der Waals surface area contributed by atoms with Crippen molar-refractivity contribution < 1.29 is 52.4 Å². The topological polar surface area (TPSA) is 177 Å². The molecule has 0 aromatic heterocycles. The molecule has 15 heteroatoms.